The molecule has 1 aliphatic heterocycles. The molecule has 3 aromatic carbocycles. The van der Waals surface area contributed by atoms with Crippen LogP contribution in [0.3, 0.4) is 0 Å². The summed E-state index contributed by atoms with van der Waals surface area (Å²) >= 11 is 0. The standard InChI is InChI=1S/C27H24N4O3/c32-23(29-21-11-13-22(14-12-21)31-18-17-28-27(31)33)15-16-24-30-25(19-7-3-1-4-8-19)26(34-24)20-9-5-2-6-10-20/h1-14H,15-18H2,(H,28,33)(H,29,32). The average Bonchev–Trinajstić information content (AvgIpc) is 3.51. The number of amides is 3. The summed E-state index contributed by atoms with van der Waals surface area (Å²) in [6.45, 7) is 1.27. The minimum atomic E-state index is -0.132. The number of nitrogens with one attached hydrogen (secondary N) is 2. The molecule has 0 saturated carbocycles. The zero-order valence-corrected chi connectivity index (χ0v) is 18.5. The van der Waals surface area contributed by atoms with Gasteiger partial charge >= 0.3 is 6.03 Å². The summed E-state index contributed by atoms with van der Waals surface area (Å²) in [5.41, 5.74) is 4.15. The third kappa shape index (κ3) is 4.68. The highest BCUT2D eigenvalue weighted by atomic mass is 16.4. The van der Waals surface area contributed by atoms with Crippen molar-refractivity contribution in [3.63, 3.8) is 0 Å². The van der Waals surface area contributed by atoms with Crippen molar-refractivity contribution in [2.24, 2.45) is 0 Å². The van der Waals surface area contributed by atoms with Gasteiger partial charge in [0.05, 0.1) is 0 Å². The minimum absolute atomic E-state index is 0.104. The number of hydrogen-bond donors (Lipinski definition) is 2. The molecule has 1 aliphatic rings. The van der Waals surface area contributed by atoms with Crippen LogP contribution in [0.25, 0.3) is 22.6 Å². The van der Waals surface area contributed by atoms with E-state index in [2.05, 4.69) is 10.6 Å². The minimum Gasteiger partial charge on any atom is -0.440 e. The fourth-order valence-electron chi connectivity index (χ4n) is 3.93. The number of nitrogens with zero attached hydrogens (tertiary/aromatic N) is 2. The molecule has 3 amide bonds. The van der Waals surface area contributed by atoms with Crippen LogP contribution in [0.1, 0.15) is 12.3 Å². The van der Waals surface area contributed by atoms with Gasteiger partial charge in [0.15, 0.2) is 11.7 Å². The van der Waals surface area contributed by atoms with Crippen molar-refractivity contribution < 1.29 is 14.0 Å². The largest absolute Gasteiger partial charge is 0.440 e. The zero-order chi connectivity index (χ0) is 23.3. The third-order valence-corrected chi connectivity index (χ3v) is 5.64. The molecule has 2 N–H and O–H groups in total. The van der Waals surface area contributed by atoms with Gasteiger partial charge in [0, 0.05) is 48.4 Å². The summed E-state index contributed by atoms with van der Waals surface area (Å²) in [6.07, 6.45) is 0.615. The Balaban J connectivity index is 1.26. The number of carbonyl (C=O) groups excluding carboxylic acids is 2. The van der Waals surface area contributed by atoms with Gasteiger partial charge in [-0.05, 0) is 24.3 Å². The van der Waals surface area contributed by atoms with Crippen LogP contribution in [0, 0.1) is 0 Å². The fraction of sp³-hybridized carbons (Fsp3) is 0.148. The lowest BCUT2D eigenvalue weighted by Gasteiger charge is -2.14. The lowest BCUT2D eigenvalue weighted by Crippen LogP contribution is -2.27. The molecule has 0 radical (unpaired) electrons. The van der Waals surface area contributed by atoms with Crippen LogP contribution in [0.15, 0.2) is 89.3 Å². The van der Waals surface area contributed by atoms with Crippen LogP contribution in [0.2, 0.25) is 0 Å². The Bertz CT molecular complexity index is 1230. The first-order valence-electron chi connectivity index (χ1n) is 11.2. The maximum absolute atomic E-state index is 12.6. The molecule has 170 valence electrons. The SMILES string of the molecule is O=C(CCc1nc(-c2ccccc2)c(-c2ccccc2)o1)Nc1ccc(N2CCNC2=O)cc1. The molecule has 1 aromatic heterocycles. The molecule has 34 heavy (non-hydrogen) atoms. The number of hydrogen-bond acceptors (Lipinski definition) is 4. The molecular formula is C27H24N4O3. The Morgan fingerprint density at radius 1 is 0.941 bits per heavy atom. The first-order valence-corrected chi connectivity index (χ1v) is 11.2. The van der Waals surface area contributed by atoms with Gasteiger partial charge in [-0.15, -0.1) is 0 Å². The summed E-state index contributed by atoms with van der Waals surface area (Å²) in [5, 5.41) is 5.67. The van der Waals surface area contributed by atoms with Crippen molar-refractivity contribution >= 4 is 23.3 Å². The van der Waals surface area contributed by atoms with Crippen molar-refractivity contribution in [1.82, 2.24) is 10.3 Å². The molecule has 7 nitrogen and oxygen atoms in total. The van der Waals surface area contributed by atoms with E-state index in [0.717, 1.165) is 22.5 Å². The molecule has 0 spiro atoms. The number of aryl methyl sites for hydroxylation is 1. The van der Waals surface area contributed by atoms with Gasteiger partial charge in [0.1, 0.15) is 5.69 Å². The summed E-state index contributed by atoms with van der Waals surface area (Å²) < 4.78 is 6.10. The number of rotatable bonds is 7. The summed E-state index contributed by atoms with van der Waals surface area (Å²) in [5.74, 6) is 1.08. The molecule has 2 heterocycles. The van der Waals surface area contributed by atoms with E-state index in [1.54, 1.807) is 17.0 Å². The predicted octanol–water partition coefficient (Wildman–Crippen LogP) is 5.11. The summed E-state index contributed by atoms with van der Waals surface area (Å²) in [4.78, 5) is 30.7. The van der Waals surface area contributed by atoms with Gasteiger partial charge in [-0.25, -0.2) is 9.78 Å². The quantitative estimate of drug-likeness (QED) is 0.408. The van der Waals surface area contributed by atoms with Crippen molar-refractivity contribution in [1.29, 1.82) is 0 Å². The third-order valence-electron chi connectivity index (χ3n) is 5.64. The smallest absolute Gasteiger partial charge is 0.321 e. The molecule has 1 fully saturated rings. The molecule has 4 aromatic rings. The molecule has 5 rings (SSSR count). The predicted molar refractivity (Wildman–Crippen MR) is 132 cm³/mol. The van der Waals surface area contributed by atoms with Gasteiger partial charge < -0.3 is 15.1 Å². The summed E-state index contributed by atoms with van der Waals surface area (Å²) in [7, 11) is 0. The molecule has 7 heteroatoms. The molecule has 0 aliphatic carbocycles. The number of oxazole rings is 1. The van der Waals surface area contributed by atoms with E-state index in [1.165, 1.54) is 0 Å². The van der Waals surface area contributed by atoms with Gasteiger partial charge in [-0.1, -0.05) is 60.7 Å². The highest BCUT2D eigenvalue weighted by molar-refractivity contribution is 5.95. The van der Waals surface area contributed by atoms with Crippen LogP contribution in [-0.2, 0) is 11.2 Å². The van der Waals surface area contributed by atoms with E-state index < -0.39 is 0 Å². The Morgan fingerprint density at radius 2 is 1.62 bits per heavy atom. The molecule has 0 bridgehead atoms. The van der Waals surface area contributed by atoms with Crippen LogP contribution < -0.4 is 15.5 Å². The van der Waals surface area contributed by atoms with Crippen LogP contribution in [-0.4, -0.2) is 30.0 Å². The van der Waals surface area contributed by atoms with E-state index in [-0.39, 0.29) is 18.4 Å². The normalized spacial score (nSPS) is 13.1. The number of benzene rings is 3. The van der Waals surface area contributed by atoms with Gasteiger partial charge in [0.2, 0.25) is 5.91 Å². The Labute approximate surface area is 197 Å². The Hall–Kier alpha value is -4.39. The number of urea groups is 1. The second kappa shape index (κ2) is 9.62. The van der Waals surface area contributed by atoms with Crippen LogP contribution >= 0.6 is 0 Å². The summed E-state index contributed by atoms with van der Waals surface area (Å²) in [6, 6.07) is 26.9. The van der Waals surface area contributed by atoms with Crippen LogP contribution in [0.4, 0.5) is 16.2 Å². The molecule has 1 saturated heterocycles. The lowest BCUT2D eigenvalue weighted by atomic mass is 10.1. The number of anilines is 2. The van der Waals surface area contributed by atoms with Crippen molar-refractivity contribution in [3.05, 3.63) is 90.8 Å². The van der Waals surface area contributed by atoms with E-state index >= 15 is 0 Å². The van der Waals surface area contributed by atoms with Gasteiger partial charge in [-0.3, -0.25) is 9.69 Å². The Morgan fingerprint density at radius 3 is 2.26 bits per heavy atom. The monoisotopic (exact) mass is 452 g/mol. The highest BCUT2D eigenvalue weighted by Crippen LogP contribution is 2.32. The molecule has 0 unspecified atom stereocenters. The molecule has 0 atom stereocenters. The van der Waals surface area contributed by atoms with Crippen molar-refractivity contribution in [3.8, 4) is 22.6 Å². The topological polar surface area (TPSA) is 87.5 Å². The van der Waals surface area contributed by atoms with Gasteiger partial charge in [0.25, 0.3) is 0 Å². The second-order valence-electron chi connectivity index (χ2n) is 8.00. The second-order valence-corrected chi connectivity index (χ2v) is 8.00. The highest BCUT2D eigenvalue weighted by Gasteiger charge is 2.21. The molecular weight excluding hydrogens is 428 g/mol. The average molecular weight is 453 g/mol. The van der Waals surface area contributed by atoms with Crippen LogP contribution in [0.5, 0.6) is 0 Å². The van der Waals surface area contributed by atoms with E-state index in [4.69, 9.17) is 9.40 Å². The van der Waals surface area contributed by atoms with E-state index in [1.807, 2.05) is 72.8 Å². The number of aromatic nitrogens is 1. The van der Waals surface area contributed by atoms with Crippen molar-refractivity contribution in [2.45, 2.75) is 12.8 Å². The van der Waals surface area contributed by atoms with Gasteiger partial charge in [-0.2, -0.15) is 0 Å². The fourth-order valence-corrected chi connectivity index (χ4v) is 3.93. The maximum atomic E-state index is 12.6. The zero-order valence-electron chi connectivity index (χ0n) is 18.5. The lowest BCUT2D eigenvalue weighted by molar-refractivity contribution is -0.116. The Kier molecular flexibility index (Phi) is 6.07. The first kappa shape index (κ1) is 21.5. The van der Waals surface area contributed by atoms with E-state index in [9.17, 15) is 9.59 Å². The maximum Gasteiger partial charge on any atom is 0.321 e. The first-order chi connectivity index (χ1) is 16.7. The van der Waals surface area contributed by atoms with E-state index in [0.29, 0.717) is 36.8 Å². The number of carbonyl (C=O) groups is 2. The van der Waals surface area contributed by atoms with Crippen molar-refractivity contribution in [2.75, 3.05) is 23.3 Å².